The van der Waals surface area contributed by atoms with Gasteiger partial charge in [0.05, 0.1) is 13.7 Å². The highest BCUT2D eigenvalue weighted by Gasteiger charge is 2.07. The molecule has 0 saturated heterocycles. The molecule has 1 aromatic heterocycles. The largest absolute Gasteiger partial charge is 0.489 e. The smallest absolute Gasteiger partial charge is 0.213 e. The lowest BCUT2D eigenvalue weighted by atomic mass is 10.2. The zero-order valence-corrected chi connectivity index (χ0v) is 17.4. The average Bonchev–Trinajstić information content (AvgIpc) is 2.62. The molecule has 2 N–H and O–H groups in total. The van der Waals surface area contributed by atoms with E-state index in [4.69, 9.17) is 9.47 Å². The number of nitrogens with one attached hydrogen (secondary N) is 2. The Kier molecular flexibility index (Phi) is 9.71. The van der Waals surface area contributed by atoms with E-state index in [-0.39, 0.29) is 35.9 Å². The third kappa shape index (κ3) is 7.42. The molecule has 1 aromatic carbocycles. The van der Waals surface area contributed by atoms with Crippen LogP contribution in [0, 0.1) is 5.82 Å². The van der Waals surface area contributed by atoms with Gasteiger partial charge in [0, 0.05) is 31.9 Å². The van der Waals surface area contributed by atoms with E-state index in [9.17, 15) is 4.39 Å². The second kappa shape index (κ2) is 11.5. The first kappa shape index (κ1) is 21.9. The maximum atomic E-state index is 13.2. The summed E-state index contributed by atoms with van der Waals surface area (Å²) < 4.78 is 23.9. The summed E-state index contributed by atoms with van der Waals surface area (Å²) in [4.78, 5) is 8.24. The first-order valence-corrected chi connectivity index (χ1v) is 7.96. The minimum atomic E-state index is -0.317. The summed E-state index contributed by atoms with van der Waals surface area (Å²) in [6, 6.07) is 9.85. The van der Waals surface area contributed by atoms with Crippen molar-refractivity contribution < 1.29 is 13.9 Å². The molecule has 0 spiro atoms. The molecule has 2 rings (SSSR count). The van der Waals surface area contributed by atoms with Gasteiger partial charge >= 0.3 is 0 Å². The standard InChI is InChI=1S/C18H23FN4O2.HI/c1-13(25-16-6-4-5-15(19)10-16)11-22-18(20-2)23-12-14-7-8-21-17(9-14)24-3;/h4-10,13H,11-12H2,1-3H3,(H2,20,22,23);1H. The number of rotatable bonds is 7. The fourth-order valence-corrected chi connectivity index (χ4v) is 2.13. The van der Waals surface area contributed by atoms with Crippen LogP contribution in [0.15, 0.2) is 47.6 Å². The number of ether oxygens (including phenoxy) is 2. The van der Waals surface area contributed by atoms with Crippen LogP contribution in [0.4, 0.5) is 4.39 Å². The number of guanidine groups is 1. The van der Waals surface area contributed by atoms with E-state index in [1.165, 1.54) is 12.1 Å². The molecule has 0 aliphatic heterocycles. The van der Waals surface area contributed by atoms with E-state index in [1.54, 1.807) is 32.5 Å². The third-order valence-corrected chi connectivity index (χ3v) is 3.38. The fraction of sp³-hybridized carbons (Fsp3) is 0.333. The van der Waals surface area contributed by atoms with Crippen LogP contribution in [0.25, 0.3) is 0 Å². The predicted molar refractivity (Wildman–Crippen MR) is 111 cm³/mol. The second-order valence-corrected chi connectivity index (χ2v) is 5.40. The highest BCUT2D eigenvalue weighted by atomic mass is 127. The normalized spacial score (nSPS) is 11.9. The number of aromatic nitrogens is 1. The van der Waals surface area contributed by atoms with Gasteiger partial charge < -0.3 is 20.1 Å². The van der Waals surface area contributed by atoms with Crippen molar-refractivity contribution in [2.75, 3.05) is 20.7 Å². The summed E-state index contributed by atoms with van der Waals surface area (Å²) in [5, 5.41) is 6.38. The van der Waals surface area contributed by atoms with Crippen molar-refractivity contribution in [1.29, 1.82) is 0 Å². The molecule has 0 aliphatic carbocycles. The summed E-state index contributed by atoms with van der Waals surface area (Å²) in [7, 11) is 3.28. The van der Waals surface area contributed by atoms with E-state index >= 15 is 0 Å². The summed E-state index contributed by atoms with van der Waals surface area (Å²) >= 11 is 0. The molecule has 6 nitrogen and oxygen atoms in total. The van der Waals surface area contributed by atoms with Gasteiger partial charge in [0.2, 0.25) is 5.88 Å². The van der Waals surface area contributed by atoms with Gasteiger partial charge in [-0.15, -0.1) is 24.0 Å². The summed E-state index contributed by atoms with van der Waals surface area (Å²) in [5.74, 6) is 1.40. The SMILES string of the molecule is CN=C(NCc1ccnc(OC)c1)NCC(C)Oc1cccc(F)c1.I. The Labute approximate surface area is 170 Å². The zero-order valence-electron chi connectivity index (χ0n) is 15.0. The molecule has 142 valence electrons. The van der Waals surface area contributed by atoms with Crippen molar-refractivity contribution in [3.05, 3.63) is 54.0 Å². The van der Waals surface area contributed by atoms with Gasteiger partial charge in [-0.1, -0.05) is 6.07 Å². The van der Waals surface area contributed by atoms with E-state index in [2.05, 4.69) is 20.6 Å². The lowest BCUT2D eigenvalue weighted by Gasteiger charge is -2.18. The molecular weight excluding hydrogens is 450 g/mol. The zero-order chi connectivity index (χ0) is 18.1. The quantitative estimate of drug-likeness (QED) is 0.367. The fourth-order valence-electron chi connectivity index (χ4n) is 2.13. The number of pyridine rings is 1. The third-order valence-electron chi connectivity index (χ3n) is 3.38. The maximum Gasteiger partial charge on any atom is 0.213 e. The van der Waals surface area contributed by atoms with Gasteiger partial charge in [0.15, 0.2) is 5.96 Å². The van der Waals surface area contributed by atoms with Gasteiger partial charge in [-0.05, 0) is 30.7 Å². The molecule has 1 heterocycles. The minimum Gasteiger partial charge on any atom is -0.489 e. The lowest BCUT2D eigenvalue weighted by Crippen LogP contribution is -2.41. The summed E-state index contributed by atoms with van der Waals surface area (Å²) in [6.07, 6.45) is 1.54. The molecular formula is C18H24FIN4O2. The van der Waals surface area contributed by atoms with Crippen molar-refractivity contribution in [2.45, 2.75) is 19.6 Å². The predicted octanol–water partition coefficient (Wildman–Crippen LogP) is 2.98. The van der Waals surface area contributed by atoms with E-state index in [1.807, 2.05) is 19.1 Å². The van der Waals surface area contributed by atoms with Crippen LogP contribution in [0.3, 0.4) is 0 Å². The highest BCUT2D eigenvalue weighted by molar-refractivity contribution is 14.0. The van der Waals surface area contributed by atoms with Crippen molar-refractivity contribution in [3.8, 4) is 11.6 Å². The van der Waals surface area contributed by atoms with Crippen LogP contribution in [-0.2, 0) is 6.54 Å². The maximum absolute atomic E-state index is 13.2. The van der Waals surface area contributed by atoms with Crippen LogP contribution in [0.1, 0.15) is 12.5 Å². The number of hydrogen-bond donors (Lipinski definition) is 2. The number of hydrogen-bond acceptors (Lipinski definition) is 4. The molecule has 8 heteroatoms. The molecule has 0 bridgehead atoms. The monoisotopic (exact) mass is 474 g/mol. The Bertz CT molecular complexity index is 715. The second-order valence-electron chi connectivity index (χ2n) is 5.40. The Morgan fingerprint density at radius 1 is 1.27 bits per heavy atom. The highest BCUT2D eigenvalue weighted by Crippen LogP contribution is 2.13. The van der Waals surface area contributed by atoms with Crippen LogP contribution < -0.4 is 20.1 Å². The van der Waals surface area contributed by atoms with E-state index in [0.717, 1.165) is 5.56 Å². The van der Waals surface area contributed by atoms with Crippen LogP contribution in [0.5, 0.6) is 11.6 Å². The molecule has 0 amide bonds. The van der Waals surface area contributed by atoms with Crippen molar-refractivity contribution in [1.82, 2.24) is 15.6 Å². The van der Waals surface area contributed by atoms with Crippen molar-refractivity contribution in [3.63, 3.8) is 0 Å². The van der Waals surface area contributed by atoms with Gasteiger partial charge in [-0.3, -0.25) is 4.99 Å². The topological polar surface area (TPSA) is 67.8 Å². The van der Waals surface area contributed by atoms with E-state index in [0.29, 0.717) is 30.7 Å². The molecule has 0 fully saturated rings. The Balaban J connectivity index is 0.00000338. The van der Waals surface area contributed by atoms with Crippen LogP contribution in [0.2, 0.25) is 0 Å². The lowest BCUT2D eigenvalue weighted by molar-refractivity contribution is 0.223. The average molecular weight is 474 g/mol. The number of methoxy groups -OCH3 is 1. The number of halogens is 2. The first-order valence-electron chi connectivity index (χ1n) is 7.96. The van der Waals surface area contributed by atoms with Crippen LogP contribution >= 0.6 is 24.0 Å². The molecule has 0 saturated carbocycles. The number of nitrogens with zero attached hydrogens (tertiary/aromatic N) is 2. The number of aliphatic imine (C=N–C) groups is 1. The molecule has 0 radical (unpaired) electrons. The van der Waals surface area contributed by atoms with E-state index < -0.39 is 0 Å². The van der Waals surface area contributed by atoms with Gasteiger partial charge in [0.1, 0.15) is 17.7 Å². The summed E-state index contributed by atoms with van der Waals surface area (Å²) in [6.45, 7) is 3.01. The molecule has 26 heavy (non-hydrogen) atoms. The van der Waals surface area contributed by atoms with Crippen molar-refractivity contribution in [2.24, 2.45) is 4.99 Å². The minimum absolute atomic E-state index is 0. The molecule has 1 atom stereocenters. The molecule has 2 aromatic rings. The molecule has 0 aliphatic rings. The molecule has 1 unspecified atom stereocenters. The first-order chi connectivity index (χ1) is 12.1. The number of benzene rings is 1. The van der Waals surface area contributed by atoms with Gasteiger partial charge in [0.25, 0.3) is 0 Å². The van der Waals surface area contributed by atoms with Crippen molar-refractivity contribution >= 4 is 29.9 Å². The van der Waals surface area contributed by atoms with Crippen LogP contribution in [-0.4, -0.2) is 37.7 Å². The van der Waals surface area contributed by atoms with Gasteiger partial charge in [-0.25, -0.2) is 9.37 Å². The Morgan fingerprint density at radius 2 is 2.08 bits per heavy atom. The van der Waals surface area contributed by atoms with Gasteiger partial charge in [-0.2, -0.15) is 0 Å². The Hall–Kier alpha value is -2.10. The Morgan fingerprint density at radius 3 is 2.77 bits per heavy atom. The summed E-state index contributed by atoms with van der Waals surface area (Å²) in [5.41, 5.74) is 1.03.